The summed E-state index contributed by atoms with van der Waals surface area (Å²) in [5.41, 5.74) is 0.719. The summed E-state index contributed by atoms with van der Waals surface area (Å²) in [7, 11) is 0. The highest BCUT2D eigenvalue weighted by Crippen LogP contribution is 2.31. The molecule has 5 heteroatoms. The molecule has 1 aromatic rings. The van der Waals surface area contributed by atoms with Crippen LogP contribution in [0.1, 0.15) is 37.8 Å². The van der Waals surface area contributed by atoms with E-state index in [0.717, 1.165) is 24.8 Å². The monoisotopic (exact) mass is 285 g/mol. The first-order valence-corrected chi connectivity index (χ1v) is 7.02. The highest BCUT2D eigenvalue weighted by molar-refractivity contribution is 5.35. The predicted molar refractivity (Wildman–Crippen MR) is 72.8 cm³/mol. The quantitative estimate of drug-likeness (QED) is 0.844. The van der Waals surface area contributed by atoms with Gasteiger partial charge in [0.25, 0.3) is 0 Å². The van der Waals surface area contributed by atoms with E-state index < -0.39 is 6.61 Å². The van der Waals surface area contributed by atoms with Gasteiger partial charge in [-0.2, -0.15) is 8.78 Å². The first-order chi connectivity index (χ1) is 9.61. The standard InChI is InChI=1S/C15H21F2NO2/c1-10(18-13-7-4-5-11(13)9-19)12-6-2-3-8-14(12)20-15(16)17/h2-3,6,8,10-11,13,15,18-19H,4-5,7,9H2,1H3. The van der Waals surface area contributed by atoms with Crippen molar-refractivity contribution >= 4 is 0 Å². The third-order valence-corrected chi connectivity index (χ3v) is 3.96. The van der Waals surface area contributed by atoms with Crippen LogP contribution < -0.4 is 10.1 Å². The van der Waals surface area contributed by atoms with E-state index in [9.17, 15) is 13.9 Å². The van der Waals surface area contributed by atoms with Gasteiger partial charge in [-0.3, -0.25) is 0 Å². The number of halogens is 2. The maximum atomic E-state index is 12.4. The molecule has 3 nitrogen and oxygen atoms in total. The molecule has 0 spiro atoms. The topological polar surface area (TPSA) is 41.5 Å². The average Bonchev–Trinajstić information content (AvgIpc) is 2.85. The Morgan fingerprint density at radius 2 is 2.10 bits per heavy atom. The molecular weight excluding hydrogens is 264 g/mol. The highest BCUT2D eigenvalue weighted by atomic mass is 19.3. The summed E-state index contributed by atoms with van der Waals surface area (Å²) >= 11 is 0. The van der Waals surface area contributed by atoms with E-state index in [1.54, 1.807) is 18.2 Å². The van der Waals surface area contributed by atoms with E-state index in [1.165, 1.54) is 0 Å². The van der Waals surface area contributed by atoms with Crippen LogP contribution in [0.2, 0.25) is 0 Å². The normalized spacial score (nSPS) is 24.1. The second kappa shape index (κ2) is 6.99. The molecule has 2 rings (SSSR count). The van der Waals surface area contributed by atoms with Gasteiger partial charge in [0.2, 0.25) is 0 Å². The lowest BCUT2D eigenvalue weighted by atomic mass is 10.0. The first kappa shape index (κ1) is 15.2. The number of hydrogen-bond acceptors (Lipinski definition) is 3. The zero-order valence-corrected chi connectivity index (χ0v) is 11.6. The maximum absolute atomic E-state index is 12.4. The van der Waals surface area contributed by atoms with Crippen LogP contribution in [0.5, 0.6) is 5.75 Å². The van der Waals surface area contributed by atoms with Crippen molar-refractivity contribution in [2.75, 3.05) is 6.61 Å². The van der Waals surface area contributed by atoms with Crippen molar-refractivity contribution in [1.82, 2.24) is 5.32 Å². The van der Waals surface area contributed by atoms with E-state index in [0.29, 0.717) is 0 Å². The molecule has 1 aromatic carbocycles. The molecule has 1 aliphatic rings. The summed E-state index contributed by atoms with van der Waals surface area (Å²) in [6, 6.07) is 6.97. The van der Waals surface area contributed by atoms with Gasteiger partial charge in [-0.05, 0) is 31.7 Å². The summed E-state index contributed by atoms with van der Waals surface area (Å²) in [6.07, 6.45) is 3.11. The minimum absolute atomic E-state index is 0.0953. The Hall–Kier alpha value is -1.20. The van der Waals surface area contributed by atoms with E-state index >= 15 is 0 Å². The van der Waals surface area contributed by atoms with E-state index in [2.05, 4.69) is 10.1 Å². The third-order valence-electron chi connectivity index (χ3n) is 3.96. The van der Waals surface area contributed by atoms with Gasteiger partial charge in [0.05, 0.1) is 0 Å². The molecule has 2 N–H and O–H groups in total. The van der Waals surface area contributed by atoms with Crippen molar-refractivity contribution in [3.8, 4) is 5.75 Å². The number of aliphatic hydroxyl groups is 1. The summed E-state index contributed by atoms with van der Waals surface area (Å²) < 4.78 is 29.4. The van der Waals surface area contributed by atoms with Gasteiger partial charge in [0.1, 0.15) is 5.75 Å². The van der Waals surface area contributed by atoms with Gasteiger partial charge in [-0.25, -0.2) is 0 Å². The molecule has 1 saturated carbocycles. The fraction of sp³-hybridized carbons (Fsp3) is 0.600. The minimum Gasteiger partial charge on any atom is -0.434 e. The van der Waals surface area contributed by atoms with Gasteiger partial charge in [0, 0.05) is 24.3 Å². The van der Waals surface area contributed by atoms with Crippen molar-refractivity contribution in [3.05, 3.63) is 29.8 Å². The Kier molecular flexibility index (Phi) is 5.31. The number of benzene rings is 1. The van der Waals surface area contributed by atoms with Gasteiger partial charge in [-0.15, -0.1) is 0 Å². The molecule has 0 aromatic heterocycles. The van der Waals surface area contributed by atoms with Gasteiger partial charge in [-0.1, -0.05) is 24.6 Å². The predicted octanol–water partition coefficient (Wildman–Crippen LogP) is 3.10. The Bertz CT molecular complexity index is 428. The first-order valence-electron chi connectivity index (χ1n) is 7.02. The van der Waals surface area contributed by atoms with Crippen LogP contribution in [-0.4, -0.2) is 24.4 Å². The lowest BCUT2D eigenvalue weighted by Gasteiger charge is -2.25. The SMILES string of the molecule is CC(NC1CCCC1CO)c1ccccc1OC(F)F. The van der Waals surface area contributed by atoms with Crippen molar-refractivity contribution in [2.45, 2.75) is 44.9 Å². The molecule has 0 aliphatic heterocycles. The molecule has 0 heterocycles. The number of aliphatic hydroxyl groups excluding tert-OH is 1. The fourth-order valence-corrected chi connectivity index (χ4v) is 2.93. The lowest BCUT2D eigenvalue weighted by molar-refractivity contribution is -0.0507. The summed E-state index contributed by atoms with van der Waals surface area (Å²) in [5, 5.41) is 12.8. The van der Waals surface area contributed by atoms with Gasteiger partial charge >= 0.3 is 6.61 Å². The van der Waals surface area contributed by atoms with Crippen LogP contribution in [0.4, 0.5) is 8.78 Å². The molecule has 1 aliphatic carbocycles. The van der Waals surface area contributed by atoms with Crippen LogP contribution in [0.3, 0.4) is 0 Å². The molecule has 1 fully saturated rings. The Labute approximate surface area is 117 Å². The molecule has 112 valence electrons. The smallest absolute Gasteiger partial charge is 0.387 e. The molecule has 3 atom stereocenters. The van der Waals surface area contributed by atoms with Crippen molar-refractivity contribution in [3.63, 3.8) is 0 Å². The molecule has 0 saturated heterocycles. The van der Waals surface area contributed by atoms with E-state index in [1.807, 2.05) is 13.0 Å². The lowest BCUT2D eigenvalue weighted by Crippen LogP contribution is -2.36. The number of rotatable bonds is 6. The Morgan fingerprint density at radius 3 is 2.80 bits per heavy atom. The zero-order valence-electron chi connectivity index (χ0n) is 11.6. The number of alkyl halides is 2. The van der Waals surface area contributed by atoms with Crippen LogP contribution >= 0.6 is 0 Å². The molecule has 0 radical (unpaired) electrons. The Morgan fingerprint density at radius 1 is 1.35 bits per heavy atom. The van der Waals surface area contributed by atoms with Crippen LogP contribution in [0.25, 0.3) is 0 Å². The summed E-state index contributed by atoms with van der Waals surface area (Å²) in [6.45, 7) is -0.722. The number of nitrogens with one attached hydrogen (secondary N) is 1. The van der Waals surface area contributed by atoms with Crippen molar-refractivity contribution in [1.29, 1.82) is 0 Å². The van der Waals surface area contributed by atoms with E-state index in [4.69, 9.17) is 0 Å². The molecule has 20 heavy (non-hydrogen) atoms. The molecule has 0 bridgehead atoms. The third kappa shape index (κ3) is 3.67. The second-order valence-electron chi connectivity index (χ2n) is 5.28. The van der Waals surface area contributed by atoms with Crippen LogP contribution in [0, 0.1) is 5.92 Å². The second-order valence-corrected chi connectivity index (χ2v) is 5.28. The minimum atomic E-state index is -2.82. The van der Waals surface area contributed by atoms with Crippen LogP contribution in [0.15, 0.2) is 24.3 Å². The number of hydrogen-bond donors (Lipinski definition) is 2. The van der Waals surface area contributed by atoms with E-state index in [-0.39, 0.29) is 30.4 Å². The summed E-state index contributed by atoms with van der Waals surface area (Å²) in [4.78, 5) is 0. The number of para-hydroxylation sites is 1. The average molecular weight is 285 g/mol. The van der Waals surface area contributed by atoms with Crippen molar-refractivity contribution in [2.24, 2.45) is 5.92 Å². The summed E-state index contributed by atoms with van der Waals surface area (Å²) in [5.74, 6) is 0.460. The van der Waals surface area contributed by atoms with Crippen molar-refractivity contribution < 1.29 is 18.6 Å². The van der Waals surface area contributed by atoms with Crippen LogP contribution in [-0.2, 0) is 0 Å². The van der Waals surface area contributed by atoms with Gasteiger partial charge < -0.3 is 15.2 Å². The largest absolute Gasteiger partial charge is 0.434 e. The number of ether oxygens (including phenoxy) is 1. The molecular formula is C15H21F2NO2. The molecule has 0 amide bonds. The Balaban J connectivity index is 2.06. The molecule has 3 unspecified atom stereocenters. The highest BCUT2D eigenvalue weighted by Gasteiger charge is 2.28. The fourth-order valence-electron chi connectivity index (χ4n) is 2.93. The van der Waals surface area contributed by atoms with Gasteiger partial charge in [0.15, 0.2) is 0 Å². The zero-order chi connectivity index (χ0) is 14.5. The maximum Gasteiger partial charge on any atom is 0.387 e.